The Morgan fingerprint density at radius 1 is 1.21 bits per heavy atom. The molecule has 9 heteroatoms. The van der Waals surface area contributed by atoms with E-state index in [1.165, 1.54) is 25.4 Å². The molecule has 1 heterocycles. The van der Waals surface area contributed by atoms with Gasteiger partial charge in [-0.2, -0.15) is 5.10 Å². The molecular formula is C20H19ClN4O3S. The lowest BCUT2D eigenvalue weighted by Gasteiger charge is -2.09. The molecule has 0 saturated heterocycles. The third-order valence-corrected chi connectivity index (χ3v) is 4.86. The lowest BCUT2D eigenvalue weighted by atomic mass is 10.1. The van der Waals surface area contributed by atoms with Crippen molar-refractivity contribution in [2.45, 2.75) is 6.92 Å². The van der Waals surface area contributed by atoms with Crippen molar-refractivity contribution in [3.05, 3.63) is 52.4 Å². The van der Waals surface area contributed by atoms with Gasteiger partial charge in [0.2, 0.25) is 11.0 Å². The molecule has 0 spiro atoms. The van der Waals surface area contributed by atoms with Crippen LogP contribution < -0.4 is 20.2 Å². The first-order chi connectivity index (χ1) is 14.0. The van der Waals surface area contributed by atoms with Crippen LogP contribution in [0.15, 0.2) is 46.9 Å². The number of carbonyl (C=O) groups excluding carboxylic acids is 1. The van der Waals surface area contributed by atoms with Crippen molar-refractivity contribution in [3.63, 3.8) is 0 Å². The highest BCUT2D eigenvalue weighted by atomic mass is 35.5. The zero-order valence-corrected chi connectivity index (χ0v) is 17.6. The van der Waals surface area contributed by atoms with Gasteiger partial charge >= 0.3 is 0 Å². The molecule has 0 fully saturated rings. The molecule has 0 atom stereocenters. The second-order valence-electron chi connectivity index (χ2n) is 5.90. The number of halogens is 1. The van der Waals surface area contributed by atoms with E-state index >= 15 is 0 Å². The first-order valence-electron chi connectivity index (χ1n) is 8.54. The fourth-order valence-electron chi connectivity index (χ4n) is 2.56. The van der Waals surface area contributed by atoms with Gasteiger partial charge in [-0.15, -0.1) is 11.3 Å². The number of rotatable bonds is 7. The number of hydrogen-bond donors (Lipinski definition) is 2. The lowest BCUT2D eigenvalue weighted by molar-refractivity contribution is -0.114. The lowest BCUT2D eigenvalue weighted by Crippen LogP contribution is -2.05. The summed E-state index contributed by atoms with van der Waals surface area (Å²) in [5.41, 5.74) is 6.17. The van der Waals surface area contributed by atoms with Gasteiger partial charge < -0.3 is 14.8 Å². The molecule has 0 aliphatic rings. The summed E-state index contributed by atoms with van der Waals surface area (Å²) in [6.07, 6.45) is 1.62. The number of ether oxygens (including phenoxy) is 2. The van der Waals surface area contributed by atoms with Crippen LogP contribution in [0.25, 0.3) is 11.3 Å². The first-order valence-corrected chi connectivity index (χ1v) is 9.80. The molecule has 1 aromatic heterocycles. The van der Waals surface area contributed by atoms with Gasteiger partial charge in [0.1, 0.15) is 0 Å². The molecule has 29 heavy (non-hydrogen) atoms. The number of nitrogens with zero attached hydrogens (tertiary/aromatic N) is 2. The number of benzene rings is 2. The third kappa shape index (κ3) is 5.24. The monoisotopic (exact) mass is 430 g/mol. The molecule has 3 aromatic rings. The van der Waals surface area contributed by atoms with Crippen molar-refractivity contribution in [1.82, 2.24) is 4.98 Å². The number of hydrazone groups is 1. The topological polar surface area (TPSA) is 84.8 Å². The van der Waals surface area contributed by atoms with E-state index < -0.39 is 0 Å². The highest BCUT2D eigenvalue weighted by Gasteiger charge is 2.10. The molecular weight excluding hydrogens is 412 g/mol. The van der Waals surface area contributed by atoms with Crippen molar-refractivity contribution >= 4 is 45.9 Å². The number of carbonyl (C=O) groups is 1. The summed E-state index contributed by atoms with van der Waals surface area (Å²) in [5, 5.41) is 9.96. The molecule has 0 saturated carbocycles. The van der Waals surface area contributed by atoms with Crippen molar-refractivity contribution < 1.29 is 14.3 Å². The molecule has 0 bridgehead atoms. The van der Waals surface area contributed by atoms with E-state index in [1.54, 1.807) is 25.5 Å². The summed E-state index contributed by atoms with van der Waals surface area (Å²) in [6, 6.07) is 11.0. The Kier molecular flexibility index (Phi) is 6.69. The van der Waals surface area contributed by atoms with Crippen LogP contribution in [0.4, 0.5) is 10.8 Å². The molecule has 1 amide bonds. The Balaban J connectivity index is 1.68. The van der Waals surface area contributed by atoms with E-state index in [0.29, 0.717) is 21.7 Å². The van der Waals surface area contributed by atoms with Gasteiger partial charge in [0, 0.05) is 23.6 Å². The quantitative estimate of drug-likeness (QED) is 0.412. The Labute approximate surface area is 177 Å². The number of methoxy groups -OCH3 is 2. The van der Waals surface area contributed by atoms with Crippen molar-refractivity contribution in [2.75, 3.05) is 25.0 Å². The Hall–Kier alpha value is -3.10. The van der Waals surface area contributed by atoms with Crippen LogP contribution in [0, 0.1) is 0 Å². The number of hydrogen-bond acceptors (Lipinski definition) is 7. The second-order valence-corrected chi connectivity index (χ2v) is 7.17. The molecule has 3 rings (SSSR count). The maximum Gasteiger partial charge on any atom is 0.221 e. The summed E-state index contributed by atoms with van der Waals surface area (Å²) in [5.74, 6) is 0.903. The maximum absolute atomic E-state index is 11.1. The van der Waals surface area contributed by atoms with E-state index in [1.807, 2.05) is 29.6 Å². The van der Waals surface area contributed by atoms with E-state index in [2.05, 4.69) is 20.8 Å². The summed E-state index contributed by atoms with van der Waals surface area (Å²) >= 11 is 7.63. The highest BCUT2D eigenvalue weighted by molar-refractivity contribution is 7.14. The van der Waals surface area contributed by atoms with Crippen LogP contribution in [0.1, 0.15) is 12.5 Å². The average molecular weight is 431 g/mol. The first kappa shape index (κ1) is 20.6. The van der Waals surface area contributed by atoms with Crippen LogP contribution in [0.2, 0.25) is 5.02 Å². The summed E-state index contributed by atoms with van der Waals surface area (Å²) < 4.78 is 10.5. The molecule has 0 unspecified atom stereocenters. The molecule has 150 valence electrons. The van der Waals surface area contributed by atoms with Gasteiger partial charge in [-0.05, 0) is 29.8 Å². The molecule has 0 radical (unpaired) electrons. The normalized spacial score (nSPS) is 10.8. The number of anilines is 2. The van der Waals surface area contributed by atoms with Gasteiger partial charge in [-0.25, -0.2) is 4.98 Å². The standard InChI is InChI=1S/C20H19ClN4O3S/c1-12(26)23-15-6-4-14(5-7-15)17-11-29-20(24-17)25-22-10-13-8-16(21)19(28-3)18(9-13)27-2/h4-11H,1-3H3,(H,23,26)(H,24,25)/b22-10-. The molecule has 7 nitrogen and oxygen atoms in total. The van der Waals surface area contributed by atoms with Crippen molar-refractivity contribution in [2.24, 2.45) is 5.10 Å². The minimum absolute atomic E-state index is 0.105. The van der Waals surface area contributed by atoms with Crippen LogP contribution in [-0.4, -0.2) is 31.3 Å². The van der Waals surface area contributed by atoms with Crippen molar-refractivity contribution in [3.8, 4) is 22.8 Å². The van der Waals surface area contributed by atoms with E-state index in [-0.39, 0.29) is 5.91 Å². The van der Waals surface area contributed by atoms with Crippen LogP contribution in [-0.2, 0) is 4.79 Å². The summed E-state index contributed by atoms with van der Waals surface area (Å²) in [4.78, 5) is 15.6. The Morgan fingerprint density at radius 2 is 1.97 bits per heavy atom. The van der Waals surface area contributed by atoms with E-state index in [4.69, 9.17) is 21.1 Å². The second kappa shape index (κ2) is 9.40. The van der Waals surface area contributed by atoms with Gasteiger partial charge in [0.25, 0.3) is 0 Å². The number of thiazole rings is 1. The van der Waals surface area contributed by atoms with Gasteiger partial charge in [0.15, 0.2) is 11.5 Å². The van der Waals surface area contributed by atoms with Crippen LogP contribution in [0.5, 0.6) is 11.5 Å². The minimum Gasteiger partial charge on any atom is -0.493 e. The van der Waals surface area contributed by atoms with E-state index in [0.717, 1.165) is 22.5 Å². The predicted molar refractivity (Wildman–Crippen MR) is 118 cm³/mol. The van der Waals surface area contributed by atoms with Gasteiger partial charge in [0.05, 0.1) is 31.2 Å². The minimum atomic E-state index is -0.105. The average Bonchev–Trinajstić information content (AvgIpc) is 3.16. The number of aromatic nitrogens is 1. The Morgan fingerprint density at radius 3 is 2.62 bits per heavy atom. The number of amides is 1. The third-order valence-electron chi connectivity index (χ3n) is 3.83. The van der Waals surface area contributed by atoms with Gasteiger partial charge in [-0.3, -0.25) is 10.2 Å². The summed E-state index contributed by atoms with van der Waals surface area (Å²) in [6.45, 7) is 1.47. The predicted octanol–water partition coefficient (Wildman–Crippen LogP) is 4.89. The smallest absolute Gasteiger partial charge is 0.221 e. The molecule has 2 aromatic carbocycles. The molecule has 2 N–H and O–H groups in total. The van der Waals surface area contributed by atoms with Crippen LogP contribution in [0.3, 0.4) is 0 Å². The SMILES string of the molecule is COc1cc(/C=N\Nc2nc(-c3ccc(NC(C)=O)cc3)cs2)cc(Cl)c1OC. The van der Waals surface area contributed by atoms with E-state index in [9.17, 15) is 4.79 Å². The molecule has 0 aliphatic carbocycles. The summed E-state index contributed by atoms with van der Waals surface area (Å²) in [7, 11) is 3.08. The maximum atomic E-state index is 11.1. The largest absolute Gasteiger partial charge is 0.493 e. The fraction of sp³-hybridized carbons (Fsp3) is 0.150. The highest BCUT2D eigenvalue weighted by Crippen LogP contribution is 2.35. The van der Waals surface area contributed by atoms with Gasteiger partial charge in [-0.1, -0.05) is 23.7 Å². The molecule has 0 aliphatic heterocycles. The fourth-order valence-corrected chi connectivity index (χ4v) is 3.52. The number of nitrogens with one attached hydrogen (secondary N) is 2. The van der Waals surface area contributed by atoms with Crippen molar-refractivity contribution in [1.29, 1.82) is 0 Å². The zero-order valence-electron chi connectivity index (χ0n) is 16.0. The zero-order chi connectivity index (χ0) is 20.8. The van der Waals surface area contributed by atoms with Crippen LogP contribution >= 0.6 is 22.9 Å². The Bertz CT molecular complexity index is 1030.